The monoisotopic (exact) mass is 445 g/mol. The second-order valence-electron chi connectivity index (χ2n) is 8.95. The topological polar surface area (TPSA) is 9.72 Å². The number of rotatable bonds is 17. The van der Waals surface area contributed by atoms with Crippen LogP contribution in [-0.2, 0) is 0 Å². The standard InChI is InChI=1S/C27H51N3Si/c1-9-19-28(20-10-2)31(29(21-11-3)22-12-4,30(23-13-5)24-14-6)27-17-15-26(16-18-27)25(7)8/h15-18H,7,9-14,19-24H2,1-6,8H3. The van der Waals surface area contributed by atoms with E-state index < -0.39 is 8.56 Å². The molecule has 0 saturated carbocycles. The van der Waals surface area contributed by atoms with E-state index in [0.717, 1.165) is 5.57 Å². The Balaban J connectivity index is 3.87. The Labute approximate surface area is 195 Å². The number of allylic oxidation sites excluding steroid dienone is 1. The van der Waals surface area contributed by atoms with Crippen LogP contribution in [0.1, 0.15) is 92.6 Å². The van der Waals surface area contributed by atoms with E-state index in [9.17, 15) is 0 Å². The zero-order chi connectivity index (χ0) is 23.3. The first-order chi connectivity index (χ1) is 15.0. The maximum Gasteiger partial charge on any atom is 0.323 e. The van der Waals surface area contributed by atoms with E-state index in [2.05, 4.69) is 93.0 Å². The Bertz CT molecular complexity index is 555. The molecule has 0 unspecified atom stereocenters. The van der Waals surface area contributed by atoms with E-state index in [4.69, 9.17) is 0 Å². The van der Waals surface area contributed by atoms with Gasteiger partial charge in [0, 0.05) is 0 Å². The summed E-state index contributed by atoms with van der Waals surface area (Å²) in [5.41, 5.74) is 2.41. The van der Waals surface area contributed by atoms with Gasteiger partial charge < -0.3 is 0 Å². The Morgan fingerprint density at radius 3 is 1.13 bits per heavy atom. The van der Waals surface area contributed by atoms with Gasteiger partial charge in [-0.1, -0.05) is 78.0 Å². The van der Waals surface area contributed by atoms with Gasteiger partial charge in [0.05, 0.1) is 0 Å². The average Bonchev–Trinajstić information content (AvgIpc) is 2.75. The van der Waals surface area contributed by atoms with Crippen molar-refractivity contribution in [2.45, 2.75) is 87.0 Å². The van der Waals surface area contributed by atoms with E-state index in [1.54, 1.807) is 5.19 Å². The van der Waals surface area contributed by atoms with E-state index in [1.165, 1.54) is 83.4 Å². The molecule has 1 aromatic carbocycles. The molecular weight excluding hydrogens is 394 g/mol. The summed E-state index contributed by atoms with van der Waals surface area (Å²) in [5, 5.41) is 1.56. The minimum atomic E-state index is -2.27. The normalized spacial score (nSPS) is 12.3. The van der Waals surface area contributed by atoms with Crippen molar-refractivity contribution in [1.82, 2.24) is 13.7 Å². The summed E-state index contributed by atoms with van der Waals surface area (Å²) >= 11 is 0. The van der Waals surface area contributed by atoms with Gasteiger partial charge in [0.2, 0.25) is 0 Å². The minimum Gasteiger partial charge on any atom is -0.296 e. The van der Waals surface area contributed by atoms with E-state index in [0.29, 0.717) is 0 Å². The zero-order valence-corrected chi connectivity index (χ0v) is 22.8. The highest BCUT2D eigenvalue weighted by atomic mass is 28.4. The Morgan fingerprint density at radius 1 is 0.613 bits per heavy atom. The van der Waals surface area contributed by atoms with Crippen LogP contribution in [-0.4, -0.2) is 61.5 Å². The Morgan fingerprint density at radius 2 is 0.903 bits per heavy atom. The van der Waals surface area contributed by atoms with Crippen molar-refractivity contribution < 1.29 is 0 Å². The molecule has 0 N–H and O–H groups in total. The molecule has 0 aliphatic heterocycles. The Hall–Kier alpha value is -0.943. The molecule has 0 saturated heterocycles. The molecule has 0 radical (unpaired) electrons. The quantitative estimate of drug-likeness (QED) is 0.263. The van der Waals surface area contributed by atoms with Crippen LogP contribution >= 0.6 is 0 Å². The summed E-state index contributed by atoms with van der Waals surface area (Å²) in [6, 6.07) is 9.54. The van der Waals surface area contributed by atoms with Gasteiger partial charge in [-0.25, -0.2) is 0 Å². The highest BCUT2D eigenvalue weighted by Crippen LogP contribution is 2.25. The third-order valence-electron chi connectivity index (χ3n) is 6.05. The lowest BCUT2D eigenvalue weighted by atomic mass is 10.1. The Kier molecular flexibility index (Phi) is 13.6. The summed E-state index contributed by atoms with van der Waals surface area (Å²) in [7, 11) is -2.27. The number of hydrogen-bond donors (Lipinski definition) is 0. The van der Waals surface area contributed by atoms with Gasteiger partial charge in [-0.3, -0.25) is 13.7 Å². The molecule has 1 rings (SSSR count). The molecule has 4 heteroatoms. The van der Waals surface area contributed by atoms with Crippen LogP contribution < -0.4 is 5.19 Å². The maximum atomic E-state index is 4.18. The second kappa shape index (κ2) is 15.0. The van der Waals surface area contributed by atoms with Gasteiger partial charge in [-0.2, -0.15) is 0 Å². The second-order valence-corrected chi connectivity index (χ2v) is 12.7. The number of nitrogens with zero attached hydrogens (tertiary/aromatic N) is 3. The first-order valence-corrected chi connectivity index (χ1v) is 14.8. The summed E-state index contributed by atoms with van der Waals surface area (Å²) in [5.74, 6) is 0. The van der Waals surface area contributed by atoms with Crippen LogP contribution in [0.4, 0.5) is 0 Å². The minimum absolute atomic E-state index is 1.15. The summed E-state index contributed by atoms with van der Waals surface area (Å²) in [6.45, 7) is 27.4. The first-order valence-electron chi connectivity index (χ1n) is 13.0. The highest BCUT2D eigenvalue weighted by Gasteiger charge is 2.51. The molecule has 178 valence electrons. The SMILES string of the molecule is C=C(C)c1ccc([Si](N(CCC)CCC)(N(CCC)CCC)N(CCC)CCC)cc1. The fourth-order valence-corrected chi connectivity index (χ4v) is 11.1. The fourth-order valence-electron chi connectivity index (χ4n) is 5.02. The fraction of sp³-hybridized carbons (Fsp3) is 0.704. The molecule has 0 heterocycles. The largest absolute Gasteiger partial charge is 0.323 e. The molecule has 0 spiro atoms. The third kappa shape index (κ3) is 7.02. The number of benzene rings is 1. The van der Waals surface area contributed by atoms with Gasteiger partial charge >= 0.3 is 8.56 Å². The first kappa shape index (κ1) is 28.1. The molecule has 0 amide bonds. The zero-order valence-electron chi connectivity index (χ0n) is 21.8. The summed E-state index contributed by atoms with van der Waals surface area (Å²) in [6.07, 6.45) is 7.23. The van der Waals surface area contributed by atoms with Crippen molar-refractivity contribution in [2.24, 2.45) is 0 Å². The molecular formula is C27H51N3Si. The smallest absolute Gasteiger partial charge is 0.296 e. The molecule has 3 nitrogen and oxygen atoms in total. The van der Waals surface area contributed by atoms with Crippen LogP contribution in [0.2, 0.25) is 0 Å². The van der Waals surface area contributed by atoms with Gasteiger partial charge in [0.15, 0.2) is 0 Å². The van der Waals surface area contributed by atoms with E-state index in [1.807, 2.05) is 0 Å². The molecule has 0 bridgehead atoms. The lowest BCUT2D eigenvalue weighted by molar-refractivity contribution is 0.244. The maximum absolute atomic E-state index is 4.18. The average molecular weight is 446 g/mol. The van der Waals surface area contributed by atoms with Gasteiger partial charge in [0.1, 0.15) is 0 Å². The summed E-state index contributed by atoms with van der Waals surface area (Å²) in [4.78, 5) is 0. The van der Waals surface area contributed by atoms with E-state index in [-0.39, 0.29) is 0 Å². The van der Waals surface area contributed by atoms with Gasteiger partial charge in [-0.05, 0) is 95.5 Å². The lowest BCUT2D eigenvalue weighted by Crippen LogP contribution is -2.81. The van der Waals surface area contributed by atoms with E-state index >= 15 is 0 Å². The van der Waals surface area contributed by atoms with Crippen LogP contribution in [0.3, 0.4) is 0 Å². The molecule has 0 atom stereocenters. The molecule has 1 aromatic rings. The van der Waals surface area contributed by atoms with Crippen molar-refractivity contribution in [2.75, 3.05) is 39.3 Å². The summed E-state index contributed by atoms with van der Waals surface area (Å²) < 4.78 is 8.79. The molecule has 0 aromatic heterocycles. The predicted octanol–water partition coefficient (Wildman–Crippen LogP) is 6.23. The van der Waals surface area contributed by atoms with Crippen molar-refractivity contribution in [1.29, 1.82) is 0 Å². The third-order valence-corrected chi connectivity index (χ3v) is 11.1. The molecule has 0 fully saturated rings. The van der Waals surface area contributed by atoms with Gasteiger partial charge in [-0.15, -0.1) is 0 Å². The van der Waals surface area contributed by atoms with Crippen molar-refractivity contribution in [3.63, 3.8) is 0 Å². The predicted molar refractivity (Wildman–Crippen MR) is 143 cm³/mol. The van der Waals surface area contributed by atoms with Crippen molar-refractivity contribution in [3.05, 3.63) is 36.4 Å². The van der Waals surface area contributed by atoms with Crippen molar-refractivity contribution >= 4 is 19.3 Å². The lowest BCUT2D eigenvalue weighted by Gasteiger charge is -2.54. The van der Waals surface area contributed by atoms with Crippen LogP contribution in [0, 0.1) is 0 Å². The van der Waals surface area contributed by atoms with Crippen molar-refractivity contribution in [3.8, 4) is 0 Å². The number of hydrogen-bond acceptors (Lipinski definition) is 3. The highest BCUT2D eigenvalue weighted by molar-refractivity contribution is 6.84. The van der Waals surface area contributed by atoms with Crippen LogP contribution in [0.5, 0.6) is 0 Å². The molecule has 0 aliphatic rings. The molecule has 0 aliphatic carbocycles. The van der Waals surface area contributed by atoms with Crippen LogP contribution in [0.25, 0.3) is 5.57 Å². The molecule has 31 heavy (non-hydrogen) atoms. The van der Waals surface area contributed by atoms with Crippen LogP contribution in [0.15, 0.2) is 30.8 Å². The van der Waals surface area contributed by atoms with Gasteiger partial charge in [0.25, 0.3) is 0 Å².